The van der Waals surface area contributed by atoms with Gasteiger partial charge >= 0.3 is 5.97 Å². The minimum absolute atomic E-state index is 0.0579. The van der Waals surface area contributed by atoms with Crippen LogP contribution in [0.3, 0.4) is 0 Å². The maximum atomic E-state index is 11.4. The fourth-order valence-corrected chi connectivity index (χ4v) is 1.56. The van der Waals surface area contributed by atoms with E-state index in [1.54, 1.807) is 6.92 Å². The number of nitro benzene ring substituents is 1. The number of carbonyl (C=O) groups excluding carboxylic acids is 2. The summed E-state index contributed by atoms with van der Waals surface area (Å²) < 4.78 is 4.49. The van der Waals surface area contributed by atoms with Crippen molar-refractivity contribution < 1.29 is 19.2 Å². The van der Waals surface area contributed by atoms with Crippen molar-refractivity contribution in [3.05, 3.63) is 39.4 Å². The van der Waals surface area contributed by atoms with Crippen LogP contribution in [-0.2, 0) is 16.0 Å². The first kappa shape index (κ1) is 13.8. The third-order valence-corrected chi connectivity index (χ3v) is 2.49. The molecule has 0 amide bonds. The van der Waals surface area contributed by atoms with Gasteiger partial charge in [-0.2, -0.15) is 0 Å². The SMILES string of the molecule is CCC(=O)Cc1cccc(C(=O)OC)c1[N+](=O)[O-]. The number of nitrogens with zero attached hydrogens (tertiary/aromatic N) is 1. The second-order valence-electron chi connectivity index (χ2n) is 3.63. The third kappa shape index (κ3) is 2.91. The Balaban J connectivity index is 3.30. The van der Waals surface area contributed by atoms with E-state index in [1.165, 1.54) is 18.2 Å². The van der Waals surface area contributed by atoms with Gasteiger partial charge in [-0.3, -0.25) is 14.9 Å². The molecule has 0 heterocycles. The Morgan fingerprint density at radius 1 is 1.39 bits per heavy atom. The number of rotatable bonds is 5. The molecule has 0 aliphatic carbocycles. The van der Waals surface area contributed by atoms with Crippen molar-refractivity contribution >= 4 is 17.4 Å². The van der Waals surface area contributed by atoms with Gasteiger partial charge in [0.05, 0.1) is 12.0 Å². The summed E-state index contributed by atoms with van der Waals surface area (Å²) in [7, 11) is 1.15. The molecule has 6 heteroatoms. The van der Waals surface area contributed by atoms with Crippen LogP contribution in [-0.4, -0.2) is 23.8 Å². The van der Waals surface area contributed by atoms with Gasteiger partial charge in [0, 0.05) is 18.4 Å². The van der Waals surface area contributed by atoms with E-state index in [2.05, 4.69) is 4.74 Å². The van der Waals surface area contributed by atoms with E-state index in [4.69, 9.17) is 0 Å². The summed E-state index contributed by atoms with van der Waals surface area (Å²) in [5.74, 6) is -0.910. The van der Waals surface area contributed by atoms with Crippen LogP contribution < -0.4 is 0 Å². The molecule has 0 unspecified atom stereocenters. The Morgan fingerprint density at radius 3 is 2.56 bits per heavy atom. The zero-order chi connectivity index (χ0) is 13.7. The molecule has 1 aromatic rings. The second-order valence-corrected chi connectivity index (χ2v) is 3.63. The highest BCUT2D eigenvalue weighted by Crippen LogP contribution is 2.25. The normalized spacial score (nSPS) is 9.89. The summed E-state index contributed by atoms with van der Waals surface area (Å²) >= 11 is 0. The van der Waals surface area contributed by atoms with Gasteiger partial charge < -0.3 is 4.74 Å². The monoisotopic (exact) mass is 251 g/mol. The van der Waals surface area contributed by atoms with E-state index in [1.807, 2.05) is 0 Å². The van der Waals surface area contributed by atoms with E-state index < -0.39 is 10.9 Å². The highest BCUT2D eigenvalue weighted by Gasteiger charge is 2.25. The Labute approximate surface area is 104 Å². The molecule has 0 N–H and O–H groups in total. The van der Waals surface area contributed by atoms with Crippen molar-refractivity contribution in [1.29, 1.82) is 0 Å². The number of hydrogen-bond donors (Lipinski definition) is 0. The molecule has 18 heavy (non-hydrogen) atoms. The van der Waals surface area contributed by atoms with E-state index >= 15 is 0 Å². The summed E-state index contributed by atoms with van der Waals surface area (Å²) in [6.45, 7) is 1.68. The van der Waals surface area contributed by atoms with Crippen molar-refractivity contribution in [2.75, 3.05) is 7.11 Å². The summed E-state index contributed by atoms with van der Waals surface area (Å²) in [6.07, 6.45) is 0.233. The molecule has 0 atom stereocenters. The lowest BCUT2D eigenvalue weighted by molar-refractivity contribution is -0.385. The predicted octanol–water partition coefficient (Wildman–Crippen LogP) is 1.90. The van der Waals surface area contributed by atoms with Crippen molar-refractivity contribution in [3.63, 3.8) is 0 Å². The summed E-state index contributed by atoms with van der Waals surface area (Å²) in [5, 5.41) is 11.0. The Bertz CT molecular complexity index is 495. The second kappa shape index (κ2) is 5.90. The highest BCUT2D eigenvalue weighted by atomic mass is 16.6. The number of methoxy groups -OCH3 is 1. The van der Waals surface area contributed by atoms with E-state index in [9.17, 15) is 19.7 Å². The number of benzene rings is 1. The Kier molecular flexibility index (Phi) is 4.53. The van der Waals surface area contributed by atoms with Crippen LogP contribution >= 0.6 is 0 Å². The van der Waals surface area contributed by atoms with E-state index in [0.717, 1.165) is 7.11 Å². The van der Waals surface area contributed by atoms with Gasteiger partial charge in [0.2, 0.25) is 0 Å². The van der Waals surface area contributed by atoms with Crippen LogP contribution in [0.5, 0.6) is 0 Å². The van der Waals surface area contributed by atoms with Crippen LogP contribution in [0.25, 0.3) is 0 Å². The van der Waals surface area contributed by atoms with Crippen LogP contribution in [0.15, 0.2) is 18.2 Å². The summed E-state index contributed by atoms with van der Waals surface area (Å²) in [4.78, 5) is 33.2. The molecule has 0 fully saturated rings. The number of carbonyl (C=O) groups is 2. The van der Waals surface area contributed by atoms with Crippen molar-refractivity contribution in [3.8, 4) is 0 Å². The van der Waals surface area contributed by atoms with Gasteiger partial charge in [0.25, 0.3) is 5.69 Å². The van der Waals surface area contributed by atoms with Crippen molar-refractivity contribution in [2.45, 2.75) is 19.8 Å². The van der Waals surface area contributed by atoms with Gasteiger partial charge in [0.1, 0.15) is 11.3 Å². The first-order chi connectivity index (χ1) is 8.51. The van der Waals surface area contributed by atoms with E-state index in [-0.39, 0.29) is 29.0 Å². The van der Waals surface area contributed by atoms with Crippen LogP contribution in [0.1, 0.15) is 29.3 Å². The maximum absolute atomic E-state index is 11.4. The maximum Gasteiger partial charge on any atom is 0.344 e. The van der Waals surface area contributed by atoms with Gasteiger partial charge in [-0.25, -0.2) is 4.79 Å². The number of esters is 1. The lowest BCUT2D eigenvalue weighted by Crippen LogP contribution is -2.10. The lowest BCUT2D eigenvalue weighted by atomic mass is 10.0. The smallest absolute Gasteiger partial charge is 0.344 e. The summed E-state index contributed by atoms with van der Waals surface area (Å²) in [5.41, 5.74) is -0.259. The molecular formula is C12H13NO5. The zero-order valence-corrected chi connectivity index (χ0v) is 10.1. The average Bonchev–Trinajstić information content (AvgIpc) is 2.36. The van der Waals surface area contributed by atoms with Crippen LogP contribution in [0.2, 0.25) is 0 Å². The fourth-order valence-electron chi connectivity index (χ4n) is 1.56. The fraction of sp³-hybridized carbons (Fsp3) is 0.333. The molecule has 0 saturated heterocycles. The first-order valence-corrected chi connectivity index (χ1v) is 5.37. The molecule has 0 saturated carbocycles. The predicted molar refractivity (Wildman–Crippen MR) is 63.4 cm³/mol. The molecule has 0 aromatic heterocycles. The Hall–Kier alpha value is -2.24. The quantitative estimate of drug-likeness (QED) is 0.453. The van der Waals surface area contributed by atoms with Crippen LogP contribution in [0.4, 0.5) is 5.69 Å². The molecule has 0 aliphatic heterocycles. The first-order valence-electron chi connectivity index (χ1n) is 5.37. The molecule has 96 valence electrons. The molecule has 6 nitrogen and oxygen atoms in total. The van der Waals surface area contributed by atoms with Crippen molar-refractivity contribution in [2.24, 2.45) is 0 Å². The summed E-state index contributed by atoms with van der Waals surface area (Å²) in [6, 6.07) is 4.28. The molecule has 0 radical (unpaired) electrons. The minimum atomic E-state index is -0.785. The largest absolute Gasteiger partial charge is 0.465 e. The number of para-hydroxylation sites is 1. The van der Waals surface area contributed by atoms with Gasteiger partial charge in [-0.05, 0) is 6.07 Å². The average molecular weight is 251 g/mol. The van der Waals surface area contributed by atoms with Gasteiger partial charge in [-0.1, -0.05) is 19.1 Å². The number of ketones is 1. The number of ether oxygens (including phenoxy) is 1. The molecular weight excluding hydrogens is 238 g/mol. The zero-order valence-electron chi connectivity index (χ0n) is 10.1. The van der Waals surface area contributed by atoms with Crippen LogP contribution in [0, 0.1) is 10.1 Å². The third-order valence-electron chi connectivity index (χ3n) is 2.49. The van der Waals surface area contributed by atoms with Gasteiger partial charge in [0.15, 0.2) is 0 Å². The van der Waals surface area contributed by atoms with Gasteiger partial charge in [-0.15, -0.1) is 0 Å². The van der Waals surface area contributed by atoms with Crippen molar-refractivity contribution in [1.82, 2.24) is 0 Å². The topological polar surface area (TPSA) is 86.5 Å². The molecule has 1 rings (SSSR count). The Morgan fingerprint density at radius 2 is 2.06 bits per heavy atom. The number of Topliss-reactive ketones (excluding diaryl/α,β-unsaturated/α-hetero) is 1. The standard InChI is InChI=1S/C12H13NO5/c1-3-9(14)7-8-5-4-6-10(12(15)18-2)11(8)13(16)17/h4-6H,3,7H2,1-2H3. The molecule has 0 aliphatic rings. The molecule has 1 aromatic carbocycles. The minimum Gasteiger partial charge on any atom is -0.465 e. The molecule has 0 bridgehead atoms. The van der Waals surface area contributed by atoms with E-state index in [0.29, 0.717) is 6.42 Å². The number of nitro groups is 1. The highest BCUT2D eigenvalue weighted by molar-refractivity contribution is 5.95. The lowest BCUT2D eigenvalue weighted by Gasteiger charge is -2.05. The molecule has 0 spiro atoms. The number of hydrogen-bond acceptors (Lipinski definition) is 5.